The maximum absolute atomic E-state index is 9.95. The van der Waals surface area contributed by atoms with E-state index in [0.717, 1.165) is 57.5 Å². The first-order valence-corrected chi connectivity index (χ1v) is 12.7. The maximum atomic E-state index is 9.95. The van der Waals surface area contributed by atoms with Gasteiger partial charge in [0.25, 0.3) is 0 Å². The molecule has 1 atom stereocenters. The Balaban J connectivity index is 2.13. The second-order valence-corrected chi connectivity index (χ2v) is 10.5. The van der Waals surface area contributed by atoms with Crippen molar-refractivity contribution < 1.29 is 0 Å². The largest absolute Gasteiger partial charge is 0.298 e. The van der Waals surface area contributed by atoms with Crippen LogP contribution in [0, 0.1) is 51.4 Å². The molecule has 0 bridgehead atoms. The van der Waals surface area contributed by atoms with Gasteiger partial charge in [-0.25, -0.2) is 4.99 Å². The molecule has 0 radical (unpaired) electrons. The van der Waals surface area contributed by atoms with Gasteiger partial charge >= 0.3 is 0 Å². The van der Waals surface area contributed by atoms with E-state index < -0.39 is 0 Å². The maximum Gasteiger partial charge on any atom is 0.0998 e. The van der Waals surface area contributed by atoms with Crippen molar-refractivity contribution >= 4 is 17.1 Å². The van der Waals surface area contributed by atoms with E-state index in [2.05, 4.69) is 84.0 Å². The third-order valence-corrected chi connectivity index (χ3v) is 7.49. The predicted octanol–water partition coefficient (Wildman–Crippen LogP) is 8.07. The van der Waals surface area contributed by atoms with E-state index in [-0.39, 0.29) is 5.41 Å². The fourth-order valence-corrected chi connectivity index (χ4v) is 5.64. The van der Waals surface area contributed by atoms with Crippen LogP contribution in [0.15, 0.2) is 59.6 Å². The Kier molecular flexibility index (Phi) is 6.83. The molecular weight excluding hydrogens is 438 g/mol. The molecule has 0 saturated carbocycles. The zero-order valence-corrected chi connectivity index (χ0v) is 22.5. The minimum Gasteiger partial charge on any atom is -0.298 e. The topological polar surface area (TPSA) is 60.0 Å². The van der Waals surface area contributed by atoms with Crippen molar-refractivity contribution in [2.24, 2.45) is 4.99 Å². The van der Waals surface area contributed by atoms with Crippen molar-refractivity contribution in [3.8, 4) is 6.07 Å². The van der Waals surface area contributed by atoms with E-state index in [4.69, 9.17) is 4.99 Å². The summed E-state index contributed by atoms with van der Waals surface area (Å²) < 4.78 is 0. The zero-order chi connectivity index (χ0) is 26.2. The lowest BCUT2D eigenvalue weighted by molar-refractivity contribution is 0.458. The van der Waals surface area contributed by atoms with Crippen LogP contribution in [-0.4, -0.2) is 11.4 Å². The van der Waals surface area contributed by atoms with Gasteiger partial charge in [-0.3, -0.25) is 5.41 Å². The summed E-state index contributed by atoms with van der Waals surface area (Å²) >= 11 is 0. The van der Waals surface area contributed by atoms with Crippen molar-refractivity contribution in [3.63, 3.8) is 0 Å². The lowest BCUT2D eigenvalue weighted by Gasteiger charge is -2.32. The standard InChI is InChI=1S/C33H35N3/c1-8-33(7)13-12-28(29-23(5)10-9-11-25(29)19-34)36-32(26-16-20(2)14-21(3)17-26)31(35)27-18-22(4)15-24(6)30(27)33/h9-12,14-18,35H,8,13H2,1-7H3/b28-12-,35-31?,36-32?/t33-/m1/s1. The average Bonchev–Trinajstić information content (AvgIpc) is 2.86. The van der Waals surface area contributed by atoms with Crippen LogP contribution < -0.4 is 0 Å². The zero-order valence-electron chi connectivity index (χ0n) is 22.5. The first-order valence-electron chi connectivity index (χ1n) is 12.7. The van der Waals surface area contributed by atoms with Gasteiger partial charge in [0, 0.05) is 16.7 Å². The van der Waals surface area contributed by atoms with Crippen molar-refractivity contribution in [1.82, 2.24) is 0 Å². The highest BCUT2D eigenvalue weighted by molar-refractivity contribution is 6.53. The Hall–Kier alpha value is -3.77. The number of aryl methyl sites for hydroxylation is 5. The number of nitriles is 1. The number of allylic oxidation sites excluding steroid dienone is 1. The normalized spacial score (nSPS) is 19.2. The summed E-state index contributed by atoms with van der Waals surface area (Å²) in [5.74, 6) is 0. The van der Waals surface area contributed by atoms with Gasteiger partial charge in [0.1, 0.15) is 0 Å². The van der Waals surface area contributed by atoms with E-state index in [9.17, 15) is 10.7 Å². The Labute approximate surface area is 215 Å². The average molecular weight is 474 g/mol. The molecule has 3 nitrogen and oxygen atoms in total. The molecule has 0 unspecified atom stereocenters. The molecule has 0 aromatic heterocycles. The Morgan fingerprint density at radius 3 is 2.25 bits per heavy atom. The van der Waals surface area contributed by atoms with Gasteiger partial charge in [0.2, 0.25) is 0 Å². The molecule has 182 valence electrons. The van der Waals surface area contributed by atoms with Gasteiger partial charge in [-0.2, -0.15) is 5.26 Å². The monoisotopic (exact) mass is 473 g/mol. The van der Waals surface area contributed by atoms with Gasteiger partial charge in [-0.15, -0.1) is 0 Å². The number of rotatable bonds is 3. The van der Waals surface area contributed by atoms with Crippen molar-refractivity contribution in [1.29, 1.82) is 10.7 Å². The van der Waals surface area contributed by atoms with Crippen LogP contribution >= 0.6 is 0 Å². The van der Waals surface area contributed by atoms with Crippen molar-refractivity contribution in [2.45, 2.75) is 66.7 Å². The molecule has 0 aliphatic carbocycles. The van der Waals surface area contributed by atoms with Gasteiger partial charge in [-0.1, -0.05) is 60.9 Å². The number of benzene rings is 3. The van der Waals surface area contributed by atoms with E-state index >= 15 is 0 Å². The number of hydrogen-bond acceptors (Lipinski definition) is 3. The number of nitrogens with zero attached hydrogens (tertiary/aromatic N) is 2. The molecule has 1 N–H and O–H groups in total. The molecule has 3 heteroatoms. The molecule has 36 heavy (non-hydrogen) atoms. The van der Waals surface area contributed by atoms with Gasteiger partial charge < -0.3 is 0 Å². The first kappa shape index (κ1) is 25.3. The molecule has 0 amide bonds. The second-order valence-electron chi connectivity index (χ2n) is 10.5. The van der Waals surface area contributed by atoms with E-state index in [1.807, 2.05) is 25.1 Å². The third-order valence-electron chi connectivity index (χ3n) is 7.49. The van der Waals surface area contributed by atoms with Crippen LogP contribution in [0.25, 0.3) is 5.70 Å². The summed E-state index contributed by atoms with van der Waals surface area (Å²) in [6, 6.07) is 18.9. The number of nitrogens with one attached hydrogen (secondary N) is 1. The molecule has 0 fully saturated rings. The predicted molar refractivity (Wildman–Crippen MR) is 151 cm³/mol. The van der Waals surface area contributed by atoms with Crippen LogP contribution in [0.3, 0.4) is 0 Å². The van der Waals surface area contributed by atoms with Crippen LogP contribution in [0.1, 0.15) is 82.3 Å². The molecule has 0 saturated heterocycles. The summed E-state index contributed by atoms with van der Waals surface area (Å²) in [4.78, 5) is 5.23. The summed E-state index contributed by atoms with van der Waals surface area (Å²) in [6.07, 6.45) is 3.89. The third kappa shape index (κ3) is 4.56. The van der Waals surface area contributed by atoms with E-state index in [1.165, 1.54) is 11.1 Å². The second kappa shape index (κ2) is 9.70. The molecule has 0 spiro atoms. The lowest BCUT2D eigenvalue weighted by atomic mass is 9.71. The number of fused-ring (bicyclic) bond motifs is 1. The highest BCUT2D eigenvalue weighted by Crippen LogP contribution is 2.40. The Bertz CT molecular complexity index is 1460. The quantitative estimate of drug-likeness (QED) is 0.411. The van der Waals surface area contributed by atoms with E-state index in [0.29, 0.717) is 17.0 Å². The SMILES string of the molecule is CC[C@]1(C)C/C=C(/c2c(C)cccc2C#N)N=C(c2cc(C)cc(C)c2)C(=N)c2cc(C)cc(C)c21. The van der Waals surface area contributed by atoms with Crippen LogP contribution in [0.2, 0.25) is 0 Å². The molecular formula is C33H35N3. The van der Waals surface area contributed by atoms with Crippen LogP contribution in [0.5, 0.6) is 0 Å². The molecule has 1 heterocycles. The Morgan fingerprint density at radius 1 is 0.944 bits per heavy atom. The van der Waals surface area contributed by atoms with Crippen LogP contribution in [0.4, 0.5) is 0 Å². The summed E-state index contributed by atoms with van der Waals surface area (Å²) in [6.45, 7) is 15.0. The summed E-state index contributed by atoms with van der Waals surface area (Å²) in [7, 11) is 0. The first-order chi connectivity index (χ1) is 17.1. The van der Waals surface area contributed by atoms with Crippen LogP contribution in [-0.2, 0) is 5.41 Å². The molecule has 3 aromatic rings. The van der Waals surface area contributed by atoms with Gasteiger partial charge in [-0.05, 0) is 93.8 Å². The van der Waals surface area contributed by atoms with E-state index in [1.54, 1.807) is 0 Å². The highest BCUT2D eigenvalue weighted by atomic mass is 14.8. The highest BCUT2D eigenvalue weighted by Gasteiger charge is 2.32. The minimum absolute atomic E-state index is 0.173. The van der Waals surface area contributed by atoms with Gasteiger partial charge in [0.15, 0.2) is 0 Å². The molecule has 3 aromatic carbocycles. The lowest BCUT2D eigenvalue weighted by Crippen LogP contribution is -2.27. The summed E-state index contributed by atoms with van der Waals surface area (Å²) in [5, 5.41) is 19.5. The minimum atomic E-state index is -0.173. The molecule has 4 rings (SSSR count). The Morgan fingerprint density at radius 2 is 1.61 bits per heavy atom. The smallest absolute Gasteiger partial charge is 0.0998 e. The number of hydrogen-bond donors (Lipinski definition) is 1. The van der Waals surface area contributed by atoms with Gasteiger partial charge in [0.05, 0.1) is 28.8 Å². The van der Waals surface area contributed by atoms with Crippen molar-refractivity contribution in [2.75, 3.05) is 0 Å². The van der Waals surface area contributed by atoms with Crippen molar-refractivity contribution in [3.05, 3.63) is 110 Å². The summed E-state index contributed by atoms with van der Waals surface area (Å²) in [5.41, 5.74) is 11.9. The number of aliphatic imine (C=N–C) groups is 1. The fourth-order valence-electron chi connectivity index (χ4n) is 5.64. The molecule has 1 aliphatic heterocycles. The fraction of sp³-hybridized carbons (Fsp3) is 0.303. The molecule has 1 aliphatic rings.